The molecule has 3 nitrogen and oxygen atoms in total. The van der Waals surface area contributed by atoms with Crippen molar-refractivity contribution < 1.29 is 14.6 Å². The second-order valence-electron chi connectivity index (χ2n) is 7.65. The maximum absolute atomic E-state index is 11.3. The van der Waals surface area contributed by atoms with Crippen molar-refractivity contribution in [1.29, 1.82) is 0 Å². The smallest absolute Gasteiger partial charge is 0.332 e. The van der Waals surface area contributed by atoms with E-state index in [1.54, 1.807) is 0 Å². The van der Waals surface area contributed by atoms with Crippen molar-refractivity contribution in [2.45, 2.75) is 71.8 Å². The highest BCUT2D eigenvalue weighted by Gasteiger charge is 2.40. The van der Waals surface area contributed by atoms with E-state index in [0.717, 1.165) is 11.8 Å². The molecule has 2 saturated carbocycles. The molecule has 3 heteroatoms. The molecule has 0 aromatic carbocycles. The van der Waals surface area contributed by atoms with E-state index in [1.165, 1.54) is 44.9 Å². The third-order valence-corrected chi connectivity index (χ3v) is 5.81. The van der Waals surface area contributed by atoms with Crippen LogP contribution in [0.25, 0.3) is 0 Å². The molecule has 2 aliphatic carbocycles. The molecule has 0 bridgehead atoms. The van der Waals surface area contributed by atoms with Crippen LogP contribution in [0.1, 0.15) is 65.7 Å². The van der Waals surface area contributed by atoms with Crippen LogP contribution in [0.2, 0.25) is 0 Å². The van der Waals surface area contributed by atoms with Gasteiger partial charge in [-0.05, 0) is 55.8 Å². The van der Waals surface area contributed by atoms with Crippen LogP contribution in [0.4, 0.5) is 0 Å². The van der Waals surface area contributed by atoms with Gasteiger partial charge in [0.15, 0.2) is 0 Å². The Morgan fingerprint density at radius 1 is 1.10 bits per heavy atom. The molecule has 4 unspecified atom stereocenters. The van der Waals surface area contributed by atoms with E-state index in [1.807, 2.05) is 6.92 Å². The van der Waals surface area contributed by atoms with Crippen molar-refractivity contribution in [3.8, 4) is 0 Å². The molecule has 0 saturated heterocycles. The van der Waals surface area contributed by atoms with Gasteiger partial charge in [-0.15, -0.1) is 0 Å². The number of hydrogen-bond acceptors (Lipinski definition) is 3. The fourth-order valence-corrected chi connectivity index (χ4v) is 4.76. The van der Waals surface area contributed by atoms with E-state index in [9.17, 15) is 4.79 Å². The van der Waals surface area contributed by atoms with Crippen LogP contribution in [0.5, 0.6) is 0 Å². The molecule has 122 valence electrons. The lowest BCUT2D eigenvalue weighted by molar-refractivity contribution is -0.155. The quantitative estimate of drug-likeness (QED) is 0.759. The second-order valence-corrected chi connectivity index (χ2v) is 7.65. The zero-order valence-corrected chi connectivity index (χ0v) is 13.9. The fourth-order valence-electron chi connectivity index (χ4n) is 4.76. The Morgan fingerprint density at radius 3 is 2.29 bits per heavy atom. The first kappa shape index (κ1) is 16.8. The lowest BCUT2D eigenvalue weighted by Gasteiger charge is -2.28. The number of ether oxygens (including phenoxy) is 1. The van der Waals surface area contributed by atoms with E-state index in [4.69, 9.17) is 9.84 Å². The molecule has 1 N–H and O–H groups in total. The predicted molar refractivity (Wildman–Crippen MR) is 83.8 cm³/mol. The summed E-state index contributed by atoms with van der Waals surface area (Å²) in [4.78, 5) is 11.3. The molecule has 0 heterocycles. The third-order valence-electron chi connectivity index (χ3n) is 5.81. The first-order valence-corrected chi connectivity index (χ1v) is 8.81. The normalized spacial score (nSPS) is 31.8. The molecular weight excluding hydrogens is 264 g/mol. The zero-order chi connectivity index (χ0) is 15.4. The van der Waals surface area contributed by atoms with Crippen LogP contribution in [0.15, 0.2) is 0 Å². The molecule has 21 heavy (non-hydrogen) atoms. The van der Waals surface area contributed by atoms with Crippen molar-refractivity contribution >= 4 is 5.97 Å². The molecule has 0 spiro atoms. The van der Waals surface area contributed by atoms with Gasteiger partial charge in [0.1, 0.15) is 12.7 Å². The summed E-state index contributed by atoms with van der Waals surface area (Å²) in [5.41, 5.74) is 0. The van der Waals surface area contributed by atoms with Gasteiger partial charge < -0.3 is 9.84 Å². The van der Waals surface area contributed by atoms with Gasteiger partial charge in [0.2, 0.25) is 0 Å². The van der Waals surface area contributed by atoms with Crippen molar-refractivity contribution in [1.82, 2.24) is 0 Å². The molecule has 0 aliphatic heterocycles. The fraction of sp³-hybridized carbons (Fsp3) is 0.944. The van der Waals surface area contributed by atoms with Crippen LogP contribution in [-0.2, 0) is 9.53 Å². The van der Waals surface area contributed by atoms with Gasteiger partial charge in [-0.25, -0.2) is 4.79 Å². The van der Waals surface area contributed by atoms with E-state index in [-0.39, 0.29) is 6.10 Å². The highest BCUT2D eigenvalue weighted by atomic mass is 16.6. The third kappa shape index (κ3) is 4.45. The predicted octanol–water partition coefficient (Wildman–Crippen LogP) is 3.79. The maximum Gasteiger partial charge on any atom is 0.332 e. The van der Waals surface area contributed by atoms with E-state index in [2.05, 4.69) is 13.8 Å². The van der Waals surface area contributed by atoms with E-state index >= 15 is 0 Å². The van der Waals surface area contributed by atoms with Crippen molar-refractivity contribution in [3.05, 3.63) is 0 Å². The van der Waals surface area contributed by atoms with Gasteiger partial charge in [0.05, 0.1) is 0 Å². The van der Waals surface area contributed by atoms with Crippen LogP contribution < -0.4 is 0 Å². The lowest BCUT2D eigenvalue weighted by atomic mass is 9.83. The lowest BCUT2D eigenvalue weighted by Crippen LogP contribution is -2.30. The number of carbonyl (C=O) groups excluding carboxylic acids is 1. The van der Waals surface area contributed by atoms with Crippen molar-refractivity contribution in [2.24, 2.45) is 29.6 Å². The Morgan fingerprint density at radius 2 is 1.71 bits per heavy atom. The number of rotatable bonds is 6. The number of aliphatic hydroxyl groups excluding tert-OH is 1. The minimum Gasteiger partial charge on any atom is -0.461 e. The first-order valence-electron chi connectivity index (χ1n) is 8.81. The molecule has 2 fully saturated rings. The Labute approximate surface area is 129 Å². The Bertz CT molecular complexity index is 333. The van der Waals surface area contributed by atoms with Gasteiger partial charge in [-0.2, -0.15) is 0 Å². The van der Waals surface area contributed by atoms with E-state index in [0.29, 0.717) is 17.8 Å². The maximum atomic E-state index is 11.3. The summed E-state index contributed by atoms with van der Waals surface area (Å²) in [5.74, 6) is 3.02. The molecule has 4 atom stereocenters. The van der Waals surface area contributed by atoms with Crippen molar-refractivity contribution in [2.75, 3.05) is 6.61 Å². The largest absolute Gasteiger partial charge is 0.461 e. The Kier molecular flexibility index (Phi) is 6.09. The summed E-state index contributed by atoms with van der Waals surface area (Å²) < 4.78 is 5.39. The SMILES string of the molecule is CC(C)C1CC(CC2CCCC2)CC1C(C)OC(=O)CO. The molecular formula is C18H32O3. The summed E-state index contributed by atoms with van der Waals surface area (Å²) in [6.45, 7) is 6.08. The summed E-state index contributed by atoms with van der Waals surface area (Å²) in [5, 5.41) is 8.87. The molecule has 0 aromatic rings. The minimum absolute atomic E-state index is 0.0642. The monoisotopic (exact) mass is 296 g/mol. The van der Waals surface area contributed by atoms with Crippen LogP contribution in [0, 0.1) is 29.6 Å². The summed E-state index contributed by atoms with van der Waals surface area (Å²) in [6, 6.07) is 0. The van der Waals surface area contributed by atoms with Crippen LogP contribution in [-0.4, -0.2) is 23.8 Å². The summed E-state index contributed by atoms with van der Waals surface area (Å²) in [6.07, 6.45) is 9.47. The molecule has 0 amide bonds. The first-order chi connectivity index (χ1) is 10.0. The Hall–Kier alpha value is -0.570. The standard InChI is InChI=1S/C18H32O3/c1-12(2)16-9-15(8-14-6-4-5-7-14)10-17(16)13(3)21-18(20)11-19/h12-17,19H,4-11H2,1-3H3. The average Bonchev–Trinajstić information content (AvgIpc) is 3.08. The summed E-state index contributed by atoms with van der Waals surface area (Å²) >= 11 is 0. The molecule has 2 rings (SSSR count). The average molecular weight is 296 g/mol. The number of aliphatic hydroxyl groups is 1. The van der Waals surface area contributed by atoms with Gasteiger partial charge in [0, 0.05) is 0 Å². The minimum atomic E-state index is -0.505. The molecule has 0 radical (unpaired) electrons. The Balaban J connectivity index is 1.92. The number of hydrogen-bond donors (Lipinski definition) is 1. The van der Waals surface area contributed by atoms with Gasteiger partial charge in [0.25, 0.3) is 0 Å². The van der Waals surface area contributed by atoms with Gasteiger partial charge >= 0.3 is 5.97 Å². The van der Waals surface area contributed by atoms with Crippen molar-refractivity contribution in [3.63, 3.8) is 0 Å². The topological polar surface area (TPSA) is 46.5 Å². The zero-order valence-electron chi connectivity index (χ0n) is 13.9. The van der Waals surface area contributed by atoms with Gasteiger partial charge in [-0.3, -0.25) is 0 Å². The van der Waals surface area contributed by atoms with Crippen LogP contribution >= 0.6 is 0 Å². The molecule has 2 aliphatic rings. The second kappa shape index (κ2) is 7.62. The highest BCUT2D eigenvalue weighted by Crippen LogP contribution is 2.46. The highest BCUT2D eigenvalue weighted by molar-refractivity contribution is 5.70. The van der Waals surface area contributed by atoms with Gasteiger partial charge in [-0.1, -0.05) is 39.5 Å². The van der Waals surface area contributed by atoms with Crippen LogP contribution in [0.3, 0.4) is 0 Å². The number of esters is 1. The summed E-state index contributed by atoms with van der Waals surface area (Å²) in [7, 11) is 0. The number of carbonyl (C=O) groups is 1. The van der Waals surface area contributed by atoms with E-state index < -0.39 is 12.6 Å². The molecule has 0 aromatic heterocycles.